The lowest BCUT2D eigenvalue weighted by atomic mass is 10.5. The Labute approximate surface area is 44.3 Å². The summed E-state index contributed by atoms with van der Waals surface area (Å²) in [6.07, 6.45) is -1.28. The zero-order valence-electron chi connectivity index (χ0n) is 5.84. The Morgan fingerprint density at radius 3 is 2.50 bits per heavy atom. The van der Waals surface area contributed by atoms with Crippen molar-refractivity contribution < 1.29 is 12.9 Å². The lowest BCUT2D eigenvalue weighted by Gasteiger charge is -1.98. The Kier molecular flexibility index (Phi) is 0.710. The van der Waals surface area contributed by atoms with E-state index in [-0.39, 0.29) is 0 Å². The minimum atomic E-state index is -3.61. The first-order valence-corrected chi connectivity index (χ1v) is 1.65. The maximum Gasteiger partial charge on any atom is 0.321 e. The van der Waals surface area contributed by atoms with Gasteiger partial charge in [-0.3, -0.25) is 0 Å². The second-order valence-corrected chi connectivity index (χ2v) is 1.34. The highest BCUT2D eigenvalue weighted by atomic mass is 35.5. The summed E-state index contributed by atoms with van der Waals surface area (Å²) in [5.74, 6) is 0. The smallest absolute Gasteiger partial charge is 0.188 e. The zero-order chi connectivity index (χ0) is 7.71. The predicted octanol–water partition coefficient (Wildman–Crippen LogP) is 2.23. The van der Waals surface area contributed by atoms with Gasteiger partial charge in [0, 0.05) is 10.5 Å². The van der Waals surface area contributed by atoms with Gasteiger partial charge in [0.2, 0.25) is 0 Å². The van der Waals surface area contributed by atoms with Crippen LogP contribution in [-0.2, 0) is 0 Å². The Morgan fingerprint density at radius 1 is 2.00 bits per heavy atom. The molecule has 0 N–H and O–H groups in total. The summed E-state index contributed by atoms with van der Waals surface area (Å²) < 4.78 is 42.3. The summed E-state index contributed by atoms with van der Waals surface area (Å²) in [5.41, 5.74) is 0. The van der Waals surface area contributed by atoms with Crippen LogP contribution in [0.2, 0.25) is 0 Å². The van der Waals surface area contributed by atoms with Crippen LogP contribution in [0.1, 0.15) is 17.4 Å². The number of rotatable bonds is 1. The van der Waals surface area contributed by atoms with Crippen molar-refractivity contribution in [3.05, 3.63) is 0 Å². The molecular weight excluding hydrogens is 109 g/mol. The first-order valence-electron chi connectivity index (χ1n) is 2.77. The number of hydrogen-bond acceptors (Lipinski definition) is 0. The van der Waals surface area contributed by atoms with Gasteiger partial charge in [-0.1, -0.05) is 6.85 Å². The molecule has 0 saturated heterocycles. The van der Waals surface area contributed by atoms with Gasteiger partial charge in [-0.2, -0.15) is 8.78 Å². The van der Waals surface area contributed by atoms with Gasteiger partial charge in [0.05, 0.1) is 0 Å². The lowest BCUT2D eigenvalue weighted by molar-refractivity contribution is 0.0921. The molecule has 0 fully saturated rings. The standard InChI is InChI=1S/C3H5ClF2/c1-2-3(4,5)6/h2H2,1H3/i1D3. The molecule has 0 heterocycles. The SMILES string of the molecule is [2H]C([2H])([2H])CC(F)(F)Cl. The van der Waals surface area contributed by atoms with E-state index in [2.05, 4.69) is 11.6 Å². The fourth-order valence-electron chi connectivity index (χ4n) is 0. The average Bonchev–Trinajstić information content (AvgIpc) is 1.14. The Hall–Kier alpha value is 0.150. The van der Waals surface area contributed by atoms with Crippen molar-refractivity contribution in [2.45, 2.75) is 18.7 Å². The molecule has 0 bridgehead atoms. The van der Waals surface area contributed by atoms with Crippen molar-refractivity contribution >= 4 is 11.6 Å². The Balaban J connectivity index is 3.75. The second-order valence-electron chi connectivity index (χ2n) is 0.792. The van der Waals surface area contributed by atoms with E-state index in [0.29, 0.717) is 0 Å². The average molecular weight is 118 g/mol. The first kappa shape index (κ1) is 2.46. The molecule has 0 aliphatic heterocycles. The number of alkyl halides is 3. The van der Waals surface area contributed by atoms with Crippen LogP contribution in [0.15, 0.2) is 0 Å². The molecule has 0 nitrogen and oxygen atoms in total. The minimum absolute atomic E-state index is 1.28. The van der Waals surface area contributed by atoms with Crippen molar-refractivity contribution in [2.75, 3.05) is 0 Å². The molecule has 0 aromatic rings. The summed E-state index contributed by atoms with van der Waals surface area (Å²) in [4.78, 5) is 0. The molecule has 0 rings (SSSR count). The summed E-state index contributed by atoms with van der Waals surface area (Å²) in [7, 11) is 0. The maximum absolute atomic E-state index is 11.6. The molecule has 0 aromatic carbocycles. The van der Waals surface area contributed by atoms with Gasteiger partial charge in [-0.15, -0.1) is 0 Å². The maximum atomic E-state index is 11.6. The third kappa shape index (κ3) is 4.15. The lowest BCUT2D eigenvalue weighted by Crippen LogP contribution is -2.00. The van der Waals surface area contributed by atoms with Gasteiger partial charge in [-0.25, -0.2) is 0 Å². The van der Waals surface area contributed by atoms with Gasteiger partial charge < -0.3 is 0 Å². The van der Waals surface area contributed by atoms with E-state index < -0.39 is 18.7 Å². The van der Waals surface area contributed by atoms with Crippen LogP contribution in [0.4, 0.5) is 8.78 Å². The molecule has 0 spiro atoms. The van der Waals surface area contributed by atoms with Crippen molar-refractivity contribution in [3.63, 3.8) is 0 Å². The topological polar surface area (TPSA) is 0 Å². The van der Waals surface area contributed by atoms with E-state index in [4.69, 9.17) is 4.11 Å². The summed E-state index contributed by atoms with van der Waals surface area (Å²) in [5, 5.41) is -3.61. The van der Waals surface area contributed by atoms with Crippen LogP contribution in [0.25, 0.3) is 0 Å². The Morgan fingerprint density at radius 2 is 2.50 bits per heavy atom. The van der Waals surface area contributed by atoms with E-state index in [1.54, 1.807) is 0 Å². The Bertz CT molecular complexity index is 82.2. The molecule has 3 heteroatoms. The van der Waals surface area contributed by atoms with Gasteiger partial charge in [0.25, 0.3) is 0 Å². The normalized spacial score (nSPS) is 21.5. The quantitative estimate of drug-likeness (QED) is 0.462. The minimum Gasteiger partial charge on any atom is -0.188 e. The molecule has 0 unspecified atom stereocenters. The van der Waals surface area contributed by atoms with Crippen LogP contribution < -0.4 is 0 Å². The first-order chi connectivity index (χ1) is 3.71. The van der Waals surface area contributed by atoms with E-state index in [1.807, 2.05) is 0 Å². The largest absolute Gasteiger partial charge is 0.321 e. The molecule has 6 heavy (non-hydrogen) atoms. The predicted molar refractivity (Wildman–Crippen MR) is 21.1 cm³/mol. The van der Waals surface area contributed by atoms with Crippen LogP contribution in [-0.4, -0.2) is 5.38 Å². The van der Waals surface area contributed by atoms with Crippen molar-refractivity contribution in [1.82, 2.24) is 0 Å². The van der Waals surface area contributed by atoms with Gasteiger partial charge in [-0.05, 0) is 11.6 Å². The van der Waals surface area contributed by atoms with Crippen LogP contribution in [0, 0.1) is 0 Å². The highest BCUT2D eigenvalue weighted by Crippen LogP contribution is 2.21. The van der Waals surface area contributed by atoms with Gasteiger partial charge in [0.1, 0.15) is 0 Å². The monoisotopic (exact) mass is 117 g/mol. The van der Waals surface area contributed by atoms with E-state index in [0.717, 1.165) is 0 Å². The number of hydrogen-bond donors (Lipinski definition) is 0. The third-order valence-corrected chi connectivity index (χ3v) is 0.334. The van der Waals surface area contributed by atoms with E-state index >= 15 is 0 Å². The third-order valence-electron chi connectivity index (χ3n) is 0.200. The van der Waals surface area contributed by atoms with Crippen molar-refractivity contribution in [1.29, 1.82) is 0 Å². The molecule has 38 valence electrons. The fourth-order valence-corrected chi connectivity index (χ4v) is 0. The van der Waals surface area contributed by atoms with Crippen LogP contribution >= 0.6 is 11.6 Å². The molecule has 0 atom stereocenters. The van der Waals surface area contributed by atoms with Crippen molar-refractivity contribution in [3.8, 4) is 0 Å². The zero-order valence-corrected chi connectivity index (χ0v) is 3.60. The summed E-state index contributed by atoms with van der Waals surface area (Å²) in [6.45, 7) is -2.65. The van der Waals surface area contributed by atoms with E-state index in [9.17, 15) is 8.78 Å². The molecular formula is C3H5ClF2. The molecule has 0 amide bonds. The van der Waals surface area contributed by atoms with Gasteiger partial charge in [0.15, 0.2) is 0 Å². The highest BCUT2D eigenvalue weighted by molar-refractivity contribution is 6.21. The van der Waals surface area contributed by atoms with E-state index in [1.165, 1.54) is 0 Å². The van der Waals surface area contributed by atoms with Gasteiger partial charge >= 0.3 is 5.38 Å². The second kappa shape index (κ2) is 1.73. The molecule has 0 aromatic heterocycles. The molecule has 0 radical (unpaired) electrons. The highest BCUT2D eigenvalue weighted by Gasteiger charge is 2.19. The molecule has 0 saturated carbocycles. The van der Waals surface area contributed by atoms with Crippen LogP contribution in [0.5, 0.6) is 0 Å². The van der Waals surface area contributed by atoms with Crippen molar-refractivity contribution in [2.24, 2.45) is 0 Å². The molecule has 0 aliphatic carbocycles. The number of halogens is 3. The summed E-state index contributed by atoms with van der Waals surface area (Å²) in [6, 6.07) is 0. The molecule has 0 aliphatic rings. The van der Waals surface area contributed by atoms with Crippen LogP contribution in [0.3, 0.4) is 0 Å². The summed E-state index contributed by atoms with van der Waals surface area (Å²) >= 11 is 4.32. The fraction of sp³-hybridized carbons (Fsp3) is 1.00.